The van der Waals surface area contributed by atoms with Crippen LogP contribution in [-0.2, 0) is 6.54 Å². The molecule has 1 aromatic rings. The van der Waals surface area contributed by atoms with Gasteiger partial charge in [0.1, 0.15) is 0 Å². The Bertz CT molecular complexity index is 728. The van der Waals surface area contributed by atoms with Crippen LogP contribution in [0, 0.1) is 5.82 Å². The minimum Gasteiger partial charge on any atom is -0.494 e. The first-order valence-electron chi connectivity index (χ1n) is 11.2. The van der Waals surface area contributed by atoms with Crippen molar-refractivity contribution in [3.05, 3.63) is 29.6 Å². The second-order valence-corrected chi connectivity index (χ2v) is 8.42. The molecule has 5 rings (SSSR count). The predicted molar refractivity (Wildman–Crippen MR) is 118 cm³/mol. The van der Waals surface area contributed by atoms with E-state index in [2.05, 4.69) is 31.8 Å². The van der Waals surface area contributed by atoms with Crippen molar-refractivity contribution in [2.75, 3.05) is 79.1 Å². The van der Waals surface area contributed by atoms with Gasteiger partial charge in [0, 0.05) is 78.0 Å². The van der Waals surface area contributed by atoms with Crippen LogP contribution >= 0.6 is 0 Å². The number of nitrogens with one attached hydrogen (secondary N) is 1. The smallest absolute Gasteiger partial charge is 0.194 e. The van der Waals surface area contributed by atoms with Gasteiger partial charge in [0.25, 0.3) is 0 Å². The van der Waals surface area contributed by atoms with Crippen molar-refractivity contribution in [2.24, 2.45) is 4.99 Å². The summed E-state index contributed by atoms with van der Waals surface area (Å²) in [6, 6.07) is 5.79. The van der Waals surface area contributed by atoms with Crippen LogP contribution in [0.1, 0.15) is 12.5 Å². The van der Waals surface area contributed by atoms with E-state index in [0.717, 1.165) is 63.9 Å². The van der Waals surface area contributed by atoms with Crippen LogP contribution in [-0.4, -0.2) is 111 Å². The maximum atomic E-state index is 14.0. The summed E-state index contributed by atoms with van der Waals surface area (Å²) in [5, 5.41) is 3.48. The van der Waals surface area contributed by atoms with Gasteiger partial charge in [0.15, 0.2) is 17.5 Å². The number of fused-ring (bicyclic) bond motifs is 3. The molecule has 7 nitrogen and oxygen atoms in total. The summed E-state index contributed by atoms with van der Waals surface area (Å²) >= 11 is 0. The van der Waals surface area contributed by atoms with Gasteiger partial charge in [-0.3, -0.25) is 19.7 Å². The second kappa shape index (κ2) is 9.94. The molecule has 2 bridgehead atoms. The van der Waals surface area contributed by atoms with Crippen LogP contribution in [0.2, 0.25) is 0 Å². The number of halogens is 1. The lowest BCUT2D eigenvalue weighted by Crippen LogP contribution is -2.62. The summed E-state index contributed by atoms with van der Waals surface area (Å²) in [5.74, 6) is 1.04. The number of guanidine groups is 1. The number of nitrogens with zero attached hydrogens (tertiary/aromatic N) is 5. The number of methoxy groups -OCH3 is 1. The summed E-state index contributed by atoms with van der Waals surface area (Å²) in [6.07, 6.45) is 0. The Kier molecular flexibility index (Phi) is 7.07. The molecule has 1 atom stereocenters. The van der Waals surface area contributed by atoms with Crippen molar-refractivity contribution in [1.29, 1.82) is 0 Å². The molecule has 0 aliphatic carbocycles. The normalized spacial score (nSPS) is 27.4. The summed E-state index contributed by atoms with van der Waals surface area (Å²) in [5.41, 5.74) is 0.985. The van der Waals surface area contributed by atoms with Crippen LogP contribution in [0.15, 0.2) is 23.2 Å². The molecular weight excluding hydrogens is 383 g/mol. The molecular formula is C22H35FN6O. The summed E-state index contributed by atoms with van der Waals surface area (Å²) in [6.45, 7) is 14.3. The number of ether oxygens (including phenoxy) is 1. The van der Waals surface area contributed by atoms with E-state index >= 15 is 0 Å². The Hall–Kier alpha value is -1.90. The minimum absolute atomic E-state index is 0.293. The fourth-order valence-corrected chi connectivity index (χ4v) is 4.70. The highest BCUT2D eigenvalue weighted by molar-refractivity contribution is 5.80. The molecule has 0 spiro atoms. The van der Waals surface area contributed by atoms with Gasteiger partial charge in [0.2, 0.25) is 0 Å². The average Bonchev–Trinajstić information content (AvgIpc) is 2.78. The monoisotopic (exact) mass is 418 g/mol. The van der Waals surface area contributed by atoms with Gasteiger partial charge in [-0.25, -0.2) is 4.39 Å². The first-order valence-corrected chi connectivity index (χ1v) is 11.2. The minimum atomic E-state index is -0.293. The molecule has 0 amide bonds. The van der Waals surface area contributed by atoms with Gasteiger partial charge < -0.3 is 15.0 Å². The molecule has 1 N–H and O–H groups in total. The quantitative estimate of drug-likeness (QED) is 0.548. The fourth-order valence-electron chi connectivity index (χ4n) is 4.70. The van der Waals surface area contributed by atoms with E-state index in [-0.39, 0.29) is 5.82 Å². The number of hydrogen-bond acceptors (Lipinski definition) is 5. The zero-order valence-electron chi connectivity index (χ0n) is 18.3. The van der Waals surface area contributed by atoms with Gasteiger partial charge in [-0.2, -0.15) is 0 Å². The van der Waals surface area contributed by atoms with Crippen molar-refractivity contribution in [1.82, 2.24) is 24.9 Å². The van der Waals surface area contributed by atoms with Gasteiger partial charge in [-0.05, 0) is 24.6 Å². The average molecular weight is 419 g/mol. The third kappa shape index (κ3) is 5.04. The fraction of sp³-hybridized carbons (Fsp3) is 0.682. The van der Waals surface area contributed by atoms with Crippen molar-refractivity contribution < 1.29 is 9.13 Å². The van der Waals surface area contributed by atoms with Crippen molar-refractivity contribution >= 4 is 5.96 Å². The largest absolute Gasteiger partial charge is 0.494 e. The van der Waals surface area contributed by atoms with E-state index in [4.69, 9.17) is 9.73 Å². The molecule has 4 saturated heterocycles. The molecule has 30 heavy (non-hydrogen) atoms. The Morgan fingerprint density at radius 2 is 1.90 bits per heavy atom. The van der Waals surface area contributed by atoms with E-state index in [0.29, 0.717) is 11.8 Å². The van der Waals surface area contributed by atoms with Gasteiger partial charge >= 0.3 is 0 Å². The van der Waals surface area contributed by atoms with E-state index in [1.165, 1.54) is 33.3 Å². The van der Waals surface area contributed by atoms with Crippen LogP contribution < -0.4 is 10.1 Å². The molecule has 0 radical (unpaired) electrons. The molecule has 1 unspecified atom stereocenters. The molecule has 4 heterocycles. The number of rotatable bonds is 6. The summed E-state index contributed by atoms with van der Waals surface area (Å²) < 4.78 is 19.0. The van der Waals surface area contributed by atoms with E-state index in [1.54, 1.807) is 12.1 Å². The highest BCUT2D eigenvalue weighted by atomic mass is 19.1. The second-order valence-electron chi connectivity index (χ2n) is 8.42. The van der Waals surface area contributed by atoms with E-state index in [9.17, 15) is 4.39 Å². The summed E-state index contributed by atoms with van der Waals surface area (Å²) in [7, 11) is 1.49. The number of piperazine rings is 4. The van der Waals surface area contributed by atoms with E-state index < -0.39 is 0 Å². The van der Waals surface area contributed by atoms with Crippen LogP contribution in [0.25, 0.3) is 0 Å². The molecule has 166 valence electrons. The van der Waals surface area contributed by atoms with Crippen molar-refractivity contribution in [3.63, 3.8) is 0 Å². The SMILES string of the molecule is CCNC(=NCC1CN2CCN1CC2)N1CCN(Cc2ccc(OC)c(F)c2)CC1. The highest BCUT2D eigenvalue weighted by Gasteiger charge is 2.31. The molecule has 4 fully saturated rings. The topological polar surface area (TPSA) is 46.6 Å². The van der Waals surface area contributed by atoms with Crippen molar-refractivity contribution in [3.8, 4) is 5.75 Å². The Balaban J connectivity index is 1.30. The molecule has 1 aromatic carbocycles. The standard InChI is InChI=1S/C22H35FN6O/c1-3-24-22(25-15-19-17-27-6-10-28(19)11-7-27)29-12-8-26(9-13-29)16-18-4-5-21(30-2)20(23)14-18/h4-5,14,19H,3,6-13,15-17H2,1-2H3,(H,24,25). The van der Waals surface area contributed by atoms with Crippen LogP contribution in [0.4, 0.5) is 4.39 Å². The maximum Gasteiger partial charge on any atom is 0.194 e. The number of aliphatic imine (C=N–C) groups is 1. The number of hydrogen-bond donors (Lipinski definition) is 1. The Morgan fingerprint density at radius 3 is 2.50 bits per heavy atom. The molecule has 0 aromatic heterocycles. The van der Waals surface area contributed by atoms with Gasteiger partial charge in [-0.15, -0.1) is 0 Å². The highest BCUT2D eigenvalue weighted by Crippen LogP contribution is 2.19. The zero-order chi connectivity index (χ0) is 20.9. The Labute approximate surface area is 179 Å². The molecule has 4 aliphatic heterocycles. The lowest BCUT2D eigenvalue weighted by atomic mass is 10.1. The summed E-state index contributed by atoms with van der Waals surface area (Å²) in [4.78, 5) is 14.9. The maximum absolute atomic E-state index is 14.0. The zero-order valence-corrected chi connectivity index (χ0v) is 18.3. The Morgan fingerprint density at radius 1 is 1.13 bits per heavy atom. The molecule has 4 aliphatic rings. The van der Waals surface area contributed by atoms with Crippen molar-refractivity contribution in [2.45, 2.75) is 19.5 Å². The van der Waals surface area contributed by atoms with E-state index in [1.807, 2.05) is 6.07 Å². The lowest BCUT2D eigenvalue weighted by molar-refractivity contribution is 0.0173. The number of benzene rings is 1. The lowest BCUT2D eigenvalue weighted by Gasteiger charge is -2.47. The molecule has 0 saturated carbocycles. The first kappa shape index (κ1) is 21.3. The third-order valence-corrected chi connectivity index (χ3v) is 6.47. The first-order chi connectivity index (χ1) is 14.7. The van der Waals surface area contributed by atoms with Crippen LogP contribution in [0.5, 0.6) is 5.75 Å². The van der Waals surface area contributed by atoms with Crippen LogP contribution in [0.3, 0.4) is 0 Å². The predicted octanol–water partition coefficient (Wildman–Crippen LogP) is 0.917. The molecule has 8 heteroatoms. The van der Waals surface area contributed by atoms with Gasteiger partial charge in [-0.1, -0.05) is 6.07 Å². The third-order valence-electron chi connectivity index (χ3n) is 6.47. The van der Waals surface area contributed by atoms with Gasteiger partial charge in [0.05, 0.1) is 13.7 Å².